The molecule has 0 aliphatic carbocycles. The van der Waals surface area contributed by atoms with Gasteiger partial charge >= 0.3 is 0 Å². The van der Waals surface area contributed by atoms with Crippen molar-refractivity contribution in [2.24, 2.45) is 5.92 Å². The Kier molecular flexibility index (Phi) is 7.35. The molecule has 0 spiro atoms. The maximum atomic E-state index is 5.87. The molecule has 0 atom stereocenters. The summed E-state index contributed by atoms with van der Waals surface area (Å²) in [4.78, 5) is 8.99. The van der Waals surface area contributed by atoms with Crippen LogP contribution in [0.25, 0.3) is 10.9 Å². The Hall–Kier alpha value is -2.26. The number of anilines is 1. The van der Waals surface area contributed by atoms with Crippen LogP contribution in [0.3, 0.4) is 0 Å². The zero-order valence-electron chi connectivity index (χ0n) is 16.7. The number of unbranched alkanes of at least 4 members (excludes halogenated alkanes) is 2. The number of hydroxylamine groups is 1. The molecule has 3 heteroatoms. The Morgan fingerprint density at radius 1 is 0.963 bits per heavy atom. The van der Waals surface area contributed by atoms with Crippen LogP contribution >= 0.6 is 0 Å². The topological polar surface area (TPSA) is 28.3 Å². The monoisotopic (exact) mass is 364 g/mol. The fourth-order valence-electron chi connectivity index (χ4n) is 3.44. The van der Waals surface area contributed by atoms with Crippen molar-refractivity contribution in [3.8, 4) is 0 Å². The van der Waals surface area contributed by atoms with E-state index < -0.39 is 0 Å². The van der Waals surface area contributed by atoms with E-state index in [0.717, 1.165) is 25.5 Å². The van der Waals surface area contributed by atoms with E-state index in [2.05, 4.69) is 66.4 Å². The van der Waals surface area contributed by atoms with Crippen LogP contribution in [0.2, 0.25) is 0 Å². The molecule has 4 rings (SSSR count). The van der Waals surface area contributed by atoms with E-state index in [0.29, 0.717) is 0 Å². The molecule has 0 fully saturated rings. The number of hydrogen-bond donors (Lipinski definition) is 1. The molecule has 3 aromatic rings. The zero-order chi connectivity index (χ0) is 18.9. The molecular formula is C24H32N2O. The van der Waals surface area contributed by atoms with Crippen LogP contribution in [0, 0.1) is 5.92 Å². The second kappa shape index (κ2) is 10.2. The first kappa shape index (κ1) is 19.5. The maximum absolute atomic E-state index is 5.87. The molecule has 0 unspecified atom stereocenters. The van der Waals surface area contributed by atoms with Crippen LogP contribution in [-0.2, 0) is 11.3 Å². The van der Waals surface area contributed by atoms with E-state index >= 15 is 0 Å². The van der Waals surface area contributed by atoms with Gasteiger partial charge in [0, 0.05) is 18.3 Å². The van der Waals surface area contributed by atoms with E-state index in [1.165, 1.54) is 47.8 Å². The molecule has 0 saturated heterocycles. The number of nitrogens with one attached hydrogen (secondary N) is 1. The highest BCUT2D eigenvalue weighted by Gasteiger charge is 2.18. The van der Waals surface area contributed by atoms with Crippen LogP contribution in [0.5, 0.6) is 0 Å². The number of H-pyrrole nitrogens is 1. The molecule has 2 heterocycles. The predicted octanol–water partition coefficient (Wildman–Crippen LogP) is 6.37. The third kappa shape index (κ3) is 5.86. The summed E-state index contributed by atoms with van der Waals surface area (Å²) in [5.41, 5.74) is 3.88. The number of nitrogens with zero attached hydrogens (tertiary/aromatic N) is 1. The molecule has 1 aliphatic heterocycles. The SMILES string of the molecule is CC(C)CCCCCON1CCc2ccccc21.c1ccc2[nH]ccc2c1. The highest BCUT2D eigenvalue weighted by Crippen LogP contribution is 2.27. The van der Waals surface area contributed by atoms with Gasteiger partial charge in [-0.1, -0.05) is 69.5 Å². The quantitative estimate of drug-likeness (QED) is 0.494. The van der Waals surface area contributed by atoms with Crippen LogP contribution in [-0.4, -0.2) is 18.1 Å². The molecule has 1 N–H and O–H groups in total. The average molecular weight is 365 g/mol. The third-order valence-electron chi connectivity index (χ3n) is 4.98. The van der Waals surface area contributed by atoms with E-state index in [1.54, 1.807) is 0 Å². The van der Waals surface area contributed by atoms with Crippen molar-refractivity contribution < 1.29 is 4.84 Å². The maximum Gasteiger partial charge on any atom is 0.0748 e. The second-order valence-corrected chi connectivity index (χ2v) is 7.62. The van der Waals surface area contributed by atoms with Gasteiger partial charge in [-0.05, 0) is 47.9 Å². The number of rotatable bonds is 7. The van der Waals surface area contributed by atoms with E-state index in [9.17, 15) is 0 Å². The summed E-state index contributed by atoms with van der Waals surface area (Å²) in [5.74, 6) is 0.830. The molecule has 1 aromatic heterocycles. The fourth-order valence-corrected chi connectivity index (χ4v) is 3.44. The smallest absolute Gasteiger partial charge is 0.0748 e. The minimum absolute atomic E-state index is 0.830. The normalized spacial score (nSPS) is 12.9. The Balaban J connectivity index is 0.000000193. The summed E-state index contributed by atoms with van der Waals surface area (Å²) in [5, 5.41) is 3.34. The summed E-state index contributed by atoms with van der Waals surface area (Å²) in [6.07, 6.45) is 8.19. The van der Waals surface area contributed by atoms with E-state index in [4.69, 9.17) is 4.84 Å². The lowest BCUT2D eigenvalue weighted by Crippen LogP contribution is -2.21. The number of benzene rings is 2. The molecule has 1 aliphatic rings. The first-order chi connectivity index (χ1) is 13.2. The molecule has 0 bridgehead atoms. The summed E-state index contributed by atoms with van der Waals surface area (Å²) in [6.45, 7) is 6.44. The molecule has 0 amide bonds. The Bertz CT molecular complexity index is 779. The summed E-state index contributed by atoms with van der Waals surface area (Å²) in [7, 11) is 0. The lowest BCUT2D eigenvalue weighted by Gasteiger charge is -2.18. The molecule has 0 radical (unpaired) electrons. The Morgan fingerprint density at radius 3 is 2.63 bits per heavy atom. The van der Waals surface area contributed by atoms with Crippen LogP contribution in [0.15, 0.2) is 60.8 Å². The summed E-state index contributed by atoms with van der Waals surface area (Å²) < 4.78 is 0. The van der Waals surface area contributed by atoms with Gasteiger partial charge in [0.25, 0.3) is 0 Å². The molecule has 27 heavy (non-hydrogen) atoms. The van der Waals surface area contributed by atoms with Crippen molar-refractivity contribution in [1.82, 2.24) is 4.98 Å². The number of aromatic amines is 1. The van der Waals surface area contributed by atoms with Gasteiger partial charge in [0.15, 0.2) is 0 Å². The number of fused-ring (bicyclic) bond motifs is 2. The third-order valence-corrected chi connectivity index (χ3v) is 4.98. The van der Waals surface area contributed by atoms with Crippen LogP contribution in [0.1, 0.15) is 45.1 Å². The highest BCUT2D eigenvalue weighted by atomic mass is 16.7. The van der Waals surface area contributed by atoms with Gasteiger partial charge in [-0.2, -0.15) is 0 Å². The van der Waals surface area contributed by atoms with Gasteiger partial charge in [-0.3, -0.25) is 9.90 Å². The van der Waals surface area contributed by atoms with Crippen molar-refractivity contribution in [1.29, 1.82) is 0 Å². The Labute approximate surface area is 163 Å². The first-order valence-corrected chi connectivity index (χ1v) is 10.2. The average Bonchev–Trinajstić information content (AvgIpc) is 3.32. The molecule has 0 saturated carbocycles. The fraction of sp³-hybridized carbons (Fsp3) is 0.417. The Morgan fingerprint density at radius 2 is 1.78 bits per heavy atom. The van der Waals surface area contributed by atoms with Crippen LogP contribution in [0.4, 0.5) is 5.69 Å². The van der Waals surface area contributed by atoms with Gasteiger partial charge in [0.1, 0.15) is 0 Å². The summed E-state index contributed by atoms with van der Waals surface area (Å²) in [6, 6.07) is 18.8. The second-order valence-electron chi connectivity index (χ2n) is 7.62. The lowest BCUT2D eigenvalue weighted by atomic mass is 10.1. The van der Waals surface area contributed by atoms with Crippen molar-refractivity contribution in [2.75, 3.05) is 18.2 Å². The lowest BCUT2D eigenvalue weighted by molar-refractivity contribution is 0.109. The molecule has 3 nitrogen and oxygen atoms in total. The number of para-hydroxylation sites is 2. The number of hydrogen-bond acceptors (Lipinski definition) is 2. The molecule has 2 aromatic carbocycles. The highest BCUT2D eigenvalue weighted by molar-refractivity contribution is 5.78. The zero-order valence-corrected chi connectivity index (χ0v) is 16.7. The van der Waals surface area contributed by atoms with Crippen molar-refractivity contribution in [2.45, 2.75) is 46.0 Å². The minimum Gasteiger partial charge on any atom is -0.361 e. The van der Waals surface area contributed by atoms with Gasteiger partial charge < -0.3 is 4.98 Å². The van der Waals surface area contributed by atoms with Crippen molar-refractivity contribution in [3.63, 3.8) is 0 Å². The van der Waals surface area contributed by atoms with E-state index in [-0.39, 0.29) is 0 Å². The standard InChI is InChI=1S/C16H25NO.C8H7N/c1-14(2)8-4-3-7-13-18-17-12-11-15-9-5-6-10-16(15)17;1-2-4-8-7(3-1)5-6-9-8/h5-6,9-10,14H,3-4,7-8,11-13H2,1-2H3;1-6,9H. The minimum atomic E-state index is 0.830. The molecular weight excluding hydrogens is 332 g/mol. The largest absolute Gasteiger partial charge is 0.361 e. The van der Waals surface area contributed by atoms with Gasteiger partial charge in [0.05, 0.1) is 12.3 Å². The molecule has 144 valence electrons. The van der Waals surface area contributed by atoms with Crippen molar-refractivity contribution in [3.05, 3.63) is 66.4 Å². The van der Waals surface area contributed by atoms with Gasteiger partial charge in [-0.15, -0.1) is 0 Å². The number of aromatic nitrogens is 1. The predicted molar refractivity (Wildman–Crippen MR) is 115 cm³/mol. The first-order valence-electron chi connectivity index (χ1n) is 10.2. The van der Waals surface area contributed by atoms with Crippen LogP contribution < -0.4 is 5.06 Å². The van der Waals surface area contributed by atoms with Crippen molar-refractivity contribution >= 4 is 16.6 Å². The van der Waals surface area contributed by atoms with E-state index in [1.807, 2.05) is 18.3 Å². The summed E-state index contributed by atoms with van der Waals surface area (Å²) >= 11 is 0. The van der Waals surface area contributed by atoms with Gasteiger partial charge in [0.2, 0.25) is 0 Å². The van der Waals surface area contributed by atoms with Gasteiger partial charge in [-0.25, -0.2) is 0 Å².